The number of carbonyl (C=O) groups excluding carboxylic acids is 2. The Bertz CT molecular complexity index is 751. The predicted octanol–water partition coefficient (Wildman–Crippen LogP) is 2.65. The van der Waals surface area contributed by atoms with E-state index in [0.29, 0.717) is 32.5 Å². The second-order valence-electron chi connectivity index (χ2n) is 6.38. The molecule has 1 saturated heterocycles. The van der Waals surface area contributed by atoms with Crippen LogP contribution in [0.15, 0.2) is 60.8 Å². The van der Waals surface area contributed by atoms with Gasteiger partial charge in [-0.1, -0.05) is 36.4 Å². The number of aromatic nitrogens is 1. The number of carbonyl (C=O) groups is 2. The number of hydrogen-bond acceptors (Lipinski definition) is 3. The fraction of sp³-hybridized carbons (Fsp3) is 0.286. The van der Waals surface area contributed by atoms with Gasteiger partial charge in [-0.2, -0.15) is 0 Å². The van der Waals surface area contributed by atoms with E-state index in [1.165, 1.54) is 0 Å². The van der Waals surface area contributed by atoms with Crippen LogP contribution in [-0.2, 0) is 16.1 Å². The SMILES string of the molecule is O=C(NCc1ccccn1)C1CCN(C(=O)/C=C/c2ccccc2)CC1. The van der Waals surface area contributed by atoms with E-state index in [1.54, 1.807) is 12.3 Å². The zero-order valence-electron chi connectivity index (χ0n) is 14.7. The highest BCUT2D eigenvalue weighted by Gasteiger charge is 2.26. The van der Waals surface area contributed by atoms with Crippen molar-refractivity contribution >= 4 is 17.9 Å². The summed E-state index contributed by atoms with van der Waals surface area (Å²) in [4.78, 5) is 30.6. The molecule has 1 fully saturated rings. The molecule has 26 heavy (non-hydrogen) atoms. The van der Waals surface area contributed by atoms with Crippen molar-refractivity contribution in [3.05, 3.63) is 72.1 Å². The van der Waals surface area contributed by atoms with E-state index in [-0.39, 0.29) is 17.7 Å². The van der Waals surface area contributed by atoms with E-state index in [9.17, 15) is 9.59 Å². The van der Waals surface area contributed by atoms with Crippen LogP contribution in [0.4, 0.5) is 0 Å². The highest BCUT2D eigenvalue weighted by Crippen LogP contribution is 2.18. The normalized spacial score (nSPS) is 15.2. The van der Waals surface area contributed by atoms with Gasteiger partial charge in [-0.05, 0) is 36.6 Å². The molecular weight excluding hydrogens is 326 g/mol. The number of likely N-dealkylation sites (tertiary alicyclic amines) is 1. The Kier molecular flexibility index (Phi) is 6.14. The van der Waals surface area contributed by atoms with Gasteiger partial charge in [0.25, 0.3) is 0 Å². The Morgan fingerprint density at radius 1 is 1.08 bits per heavy atom. The average Bonchev–Trinajstić information content (AvgIpc) is 2.72. The number of pyridine rings is 1. The Balaban J connectivity index is 1.44. The summed E-state index contributed by atoms with van der Waals surface area (Å²) in [6.07, 6.45) is 6.54. The summed E-state index contributed by atoms with van der Waals surface area (Å²) >= 11 is 0. The summed E-state index contributed by atoms with van der Waals surface area (Å²) in [6.45, 7) is 1.66. The van der Waals surface area contributed by atoms with Crippen LogP contribution in [0.25, 0.3) is 6.08 Å². The molecule has 1 aliphatic rings. The summed E-state index contributed by atoms with van der Waals surface area (Å²) in [7, 11) is 0. The molecule has 0 spiro atoms. The molecule has 0 atom stereocenters. The van der Waals surface area contributed by atoms with Crippen LogP contribution in [-0.4, -0.2) is 34.8 Å². The molecule has 5 heteroatoms. The van der Waals surface area contributed by atoms with Gasteiger partial charge >= 0.3 is 0 Å². The number of rotatable bonds is 5. The third-order valence-electron chi connectivity index (χ3n) is 4.57. The fourth-order valence-electron chi connectivity index (χ4n) is 3.02. The second-order valence-corrected chi connectivity index (χ2v) is 6.38. The van der Waals surface area contributed by atoms with Crippen LogP contribution in [0.5, 0.6) is 0 Å². The van der Waals surface area contributed by atoms with E-state index in [0.717, 1.165) is 11.3 Å². The van der Waals surface area contributed by atoms with Crippen LogP contribution in [0.1, 0.15) is 24.1 Å². The third-order valence-corrected chi connectivity index (χ3v) is 4.57. The molecule has 5 nitrogen and oxygen atoms in total. The van der Waals surface area contributed by atoms with Crippen LogP contribution < -0.4 is 5.32 Å². The van der Waals surface area contributed by atoms with Crippen molar-refractivity contribution < 1.29 is 9.59 Å². The maximum atomic E-state index is 12.3. The Labute approximate surface area is 153 Å². The van der Waals surface area contributed by atoms with Crippen LogP contribution in [0.2, 0.25) is 0 Å². The minimum absolute atomic E-state index is 0.00111. The van der Waals surface area contributed by atoms with E-state index < -0.39 is 0 Å². The molecule has 1 aromatic heterocycles. The van der Waals surface area contributed by atoms with E-state index in [2.05, 4.69) is 10.3 Å². The fourth-order valence-corrected chi connectivity index (χ4v) is 3.02. The summed E-state index contributed by atoms with van der Waals surface area (Å²) in [5, 5.41) is 2.94. The molecule has 1 N–H and O–H groups in total. The van der Waals surface area contributed by atoms with Gasteiger partial charge in [0.05, 0.1) is 12.2 Å². The van der Waals surface area contributed by atoms with Crippen LogP contribution >= 0.6 is 0 Å². The number of hydrogen-bond donors (Lipinski definition) is 1. The number of benzene rings is 1. The summed E-state index contributed by atoms with van der Waals surface area (Å²) in [5.41, 5.74) is 1.85. The zero-order valence-corrected chi connectivity index (χ0v) is 14.7. The lowest BCUT2D eigenvalue weighted by Crippen LogP contribution is -2.42. The maximum Gasteiger partial charge on any atom is 0.246 e. The Morgan fingerprint density at radius 3 is 2.50 bits per heavy atom. The number of nitrogens with one attached hydrogen (secondary N) is 1. The van der Waals surface area contributed by atoms with E-state index in [1.807, 2.05) is 59.5 Å². The van der Waals surface area contributed by atoms with Gasteiger partial charge in [-0.25, -0.2) is 0 Å². The molecule has 0 unspecified atom stereocenters. The first kappa shape index (κ1) is 17.9. The maximum absolute atomic E-state index is 12.3. The van der Waals surface area contributed by atoms with Gasteiger partial charge in [0.2, 0.25) is 11.8 Å². The van der Waals surface area contributed by atoms with Gasteiger partial charge in [0.15, 0.2) is 0 Å². The Morgan fingerprint density at radius 2 is 1.81 bits per heavy atom. The lowest BCUT2D eigenvalue weighted by Gasteiger charge is -2.30. The number of piperidine rings is 1. The lowest BCUT2D eigenvalue weighted by atomic mass is 9.95. The molecule has 0 radical (unpaired) electrons. The van der Waals surface area contributed by atoms with Gasteiger partial charge in [0.1, 0.15) is 0 Å². The standard InChI is InChI=1S/C21H23N3O2/c25-20(10-9-17-6-2-1-3-7-17)24-14-11-18(12-15-24)21(26)23-16-19-8-4-5-13-22-19/h1-10,13,18H,11-12,14-16H2,(H,23,26)/b10-9+. The van der Waals surface area contributed by atoms with Gasteiger partial charge in [-0.3, -0.25) is 14.6 Å². The molecule has 1 aromatic carbocycles. The average molecular weight is 349 g/mol. The molecule has 0 aliphatic carbocycles. The largest absolute Gasteiger partial charge is 0.350 e. The monoisotopic (exact) mass is 349 g/mol. The van der Waals surface area contributed by atoms with Crippen molar-refractivity contribution in [3.63, 3.8) is 0 Å². The highest BCUT2D eigenvalue weighted by atomic mass is 16.2. The van der Waals surface area contributed by atoms with Crippen molar-refractivity contribution in [1.82, 2.24) is 15.2 Å². The molecule has 0 bridgehead atoms. The molecular formula is C21H23N3O2. The van der Waals surface area contributed by atoms with Crippen LogP contribution in [0, 0.1) is 5.92 Å². The zero-order chi connectivity index (χ0) is 18.2. The minimum atomic E-state index is -0.0409. The van der Waals surface area contributed by atoms with Gasteiger partial charge < -0.3 is 10.2 Å². The topological polar surface area (TPSA) is 62.3 Å². The Hall–Kier alpha value is -2.95. The number of amides is 2. The second kappa shape index (κ2) is 8.94. The van der Waals surface area contributed by atoms with E-state index in [4.69, 9.17) is 0 Å². The molecule has 3 rings (SSSR count). The van der Waals surface area contributed by atoms with Gasteiger partial charge in [-0.15, -0.1) is 0 Å². The van der Waals surface area contributed by atoms with Crippen LogP contribution in [0.3, 0.4) is 0 Å². The third kappa shape index (κ3) is 5.02. The van der Waals surface area contributed by atoms with Crippen molar-refractivity contribution in [3.8, 4) is 0 Å². The molecule has 134 valence electrons. The molecule has 2 aromatic rings. The first-order valence-corrected chi connectivity index (χ1v) is 8.92. The first-order chi connectivity index (χ1) is 12.7. The molecule has 1 aliphatic heterocycles. The summed E-state index contributed by atoms with van der Waals surface area (Å²) in [6, 6.07) is 15.4. The quantitative estimate of drug-likeness (QED) is 0.844. The summed E-state index contributed by atoms with van der Waals surface area (Å²) in [5.74, 6) is 0.00430. The first-order valence-electron chi connectivity index (χ1n) is 8.92. The summed E-state index contributed by atoms with van der Waals surface area (Å²) < 4.78 is 0. The van der Waals surface area contributed by atoms with Crippen molar-refractivity contribution in [1.29, 1.82) is 0 Å². The van der Waals surface area contributed by atoms with Gasteiger partial charge in [0, 0.05) is 31.3 Å². The van der Waals surface area contributed by atoms with Crippen molar-refractivity contribution in [2.75, 3.05) is 13.1 Å². The molecule has 2 heterocycles. The minimum Gasteiger partial charge on any atom is -0.350 e. The molecule has 0 saturated carbocycles. The lowest BCUT2D eigenvalue weighted by molar-refractivity contribution is -0.132. The van der Waals surface area contributed by atoms with Crippen molar-refractivity contribution in [2.45, 2.75) is 19.4 Å². The smallest absolute Gasteiger partial charge is 0.246 e. The molecule has 2 amide bonds. The van der Waals surface area contributed by atoms with E-state index >= 15 is 0 Å². The highest BCUT2D eigenvalue weighted by molar-refractivity contribution is 5.92. The number of nitrogens with zero attached hydrogens (tertiary/aromatic N) is 2. The van der Waals surface area contributed by atoms with Crippen molar-refractivity contribution in [2.24, 2.45) is 5.92 Å². The predicted molar refractivity (Wildman–Crippen MR) is 101 cm³/mol.